The molecule has 1 N–H and O–H groups in total. The van der Waals surface area contributed by atoms with Crippen molar-refractivity contribution in [2.45, 2.75) is 40.0 Å². The minimum absolute atomic E-state index is 0.177. The molecular formula is C18H30N2O. The van der Waals surface area contributed by atoms with Crippen LogP contribution in [0.15, 0.2) is 24.3 Å². The summed E-state index contributed by atoms with van der Waals surface area (Å²) in [5.74, 6) is 0.773. The number of hydrogen-bond donors (Lipinski definition) is 1. The zero-order valence-corrected chi connectivity index (χ0v) is 14.0. The van der Waals surface area contributed by atoms with Gasteiger partial charge in [0, 0.05) is 18.7 Å². The molecule has 3 heteroatoms. The van der Waals surface area contributed by atoms with E-state index in [-0.39, 0.29) is 5.91 Å². The number of rotatable bonds is 9. The summed E-state index contributed by atoms with van der Waals surface area (Å²) in [6.07, 6.45) is 3.14. The van der Waals surface area contributed by atoms with Gasteiger partial charge >= 0.3 is 0 Å². The Labute approximate surface area is 129 Å². The number of likely N-dealkylation sites (N-methyl/N-ethyl adjacent to an activating group) is 1. The number of benzene rings is 1. The third kappa shape index (κ3) is 5.16. The van der Waals surface area contributed by atoms with E-state index in [0.29, 0.717) is 5.92 Å². The van der Waals surface area contributed by atoms with E-state index in [1.54, 1.807) is 0 Å². The average molecular weight is 290 g/mol. The van der Waals surface area contributed by atoms with Crippen molar-refractivity contribution >= 4 is 5.91 Å². The number of amides is 1. The second kappa shape index (κ2) is 9.56. The maximum atomic E-state index is 12.8. The second-order valence-corrected chi connectivity index (χ2v) is 5.54. The van der Waals surface area contributed by atoms with Crippen LogP contribution in [-0.2, 0) is 6.42 Å². The van der Waals surface area contributed by atoms with Gasteiger partial charge in [-0.2, -0.15) is 0 Å². The number of nitrogens with one attached hydrogen (secondary N) is 1. The number of nitrogens with zero attached hydrogens (tertiary/aromatic N) is 1. The van der Waals surface area contributed by atoms with Crippen molar-refractivity contribution in [3.05, 3.63) is 35.4 Å². The van der Waals surface area contributed by atoms with E-state index < -0.39 is 0 Å². The van der Waals surface area contributed by atoms with E-state index in [4.69, 9.17) is 0 Å². The van der Waals surface area contributed by atoms with Crippen molar-refractivity contribution < 1.29 is 4.79 Å². The van der Waals surface area contributed by atoms with Gasteiger partial charge in [-0.25, -0.2) is 0 Å². The lowest BCUT2D eigenvalue weighted by Gasteiger charge is -2.26. The molecule has 0 aliphatic rings. The van der Waals surface area contributed by atoms with Crippen molar-refractivity contribution in [1.82, 2.24) is 10.2 Å². The topological polar surface area (TPSA) is 32.3 Å². The normalized spacial score (nSPS) is 10.9. The molecule has 0 spiro atoms. The monoisotopic (exact) mass is 290 g/mol. The molecule has 1 amide bonds. The van der Waals surface area contributed by atoms with E-state index in [0.717, 1.165) is 50.0 Å². The standard InChI is InChI=1S/C18H30N2O/c1-5-15(6-2)14-20(7-3)18(21)17-11-9-8-10-16(17)12-13-19-4/h8-11,15,19H,5-7,12-14H2,1-4H3. The maximum absolute atomic E-state index is 12.8. The summed E-state index contributed by atoms with van der Waals surface area (Å²) in [6.45, 7) is 9.00. The molecule has 0 radical (unpaired) electrons. The Morgan fingerprint density at radius 2 is 1.86 bits per heavy atom. The molecule has 1 rings (SSSR count). The van der Waals surface area contributed by atoms with Crippen LogP contribution in [0, 0.1) is 5.92 Å². The van der Waals surface area contributed by atoms with Gasteiger partial charge in [-0.3, -0.25) is 4.79 Å². The van der Waals surface area contributed by atoms with Gasteiger partial charge < -0.3 is 10.2 Å². The fourth-order valence-corrected chi connectivity index (χ4v) is 2.59. The van der Waals surface area contributed by atoms with Crippen molar-refractivity contribution in [2.75, 3.05) is 26.7 Å². The van der Waals surface area contributed by atoms with Crippen molar-refractivity contribution in [1.29, 1.82) is 0 Å². The fourth-order valence-electron chi connectivity index (χ4n) is 2.59. The van der Waals surface area contributed by atoms with Crippen LogP contribution in [0.1, 0.15) is 49.5 Å². The molecule has 3 nitrogen and oxygen atoms in total. The van der Waals surface area contributed by atoms with Gasteiger partial charge in [0.2, 0.25) is 0 Å². The Morgan fingerprint density at radius 3 is 2.43 bits per heavy atom. The van der Waals surface area contributed by atoms with Gasteiger partial charge in [0.1, 0.15) is 0 Å². The average Bonchev–Trinajstić information content (AvgIpc) is 2.54. The summed E-state index contributed by atoms with van der Waals surface area (Å²) in [7, 11) is 1.94. The third-order valence-corrected chi connectivity index (χ3v) is 4.19. The van der Waals surface area contributed by atoms with Gasteiger partial charge in [0.25, 0.3) is 5.91 Å². The predicted octanol–water partition coefficient (Wildman–Crippen LogP) is 3.35. The van der Waals surface area contributed by atoms with Crippen LogP contribution in [0.3, 0.4) is 0 Å². The Morgan fingerprint density at radius 1 is 1.19 bits per heavy atom. The molecule has 118 valence electrons. The smallest absolute Gasteiger partial charge is 0.254 e. The van der Waals surface area contributed by atoms with Gasteiger partial charge in [0.15, 0.2) is 0 Å². The van der Waals surface area contributed by atoms with Crippen LogP contribution in [0.4, 0.5) is 0 Å². The lowest BCUT2D eigenvalue weighted by atomic mass is 10.0. The molecule has 0 atom stereocenters. The summed E-state index contributed by atoms with van der Waals surface area (Å²) in [6, 6.07) is 8.00. The minimum atomic E-state index is 0.177. The zero-order valence-electron chi connectivity index (χ0n) is 14.0. The third-order valence-electron chi connectivity index (χ3n) is 4.19. The zero-order chi connectivity index (χ0) is 15.7. The Kier molecular flexibility index (Phi) is 8.06. The van der Waals surface area contributed by atoms with Gasteiger partial charge in [-0.15, -0.1) is 0 Å². The quantitative estimate of drug-likeness (QED) is 0.756. The molecule has 0 saturated carbocycles. The summed E-state index contributed by atoms with van der Waals surface area (Å²) in [5.41, 5.74) is 2.00. The molecular weight excluding hydrogens is 260 g/mol. The highest BCUT2D eigenvalue weighted by atomic mass is 16.2. The Hall–Kier alpha value is -1.35. The van der Waals surface area contributed by atoms with E-state index in [1.807, 2.05) is 30.1 Å². The summed E-state index contributed by atoms with van der Waals surface area (Å²) >= 11 is 0. The highest BCUT2D eigenvalue weighted by Gasteiger charge is 2.19. The lowest BCUT2D eigenvalue weighted by molar-refractivity contribution is 0.0734. The van der Waals surface area contributed by atoms with E-state index in [2.05, 4.69) is 32.2 Å². The van der Waals surface area contributed by atoms with Crippen molar-refractivity contribution in [3.8, 4) is 0 Å². The molecule has 0 aliphatic heterocycles. The summed E-state index contributed by atoms with van der Waals surface area (Å²) in [4.78, 5) is 14.8. The molecule has 0 fully saturated rings. The van der Waals surface area contributed by atoms with Crippen LogP contribution < -0.4 is 5.32 Å². The van der Waals surface area contributed by atoms with Gasteiger partial charge in [-0.1, -0.05) is 44.9 Å². The Bertz CT molecular complexity index is 427. The number of carbonyl (C=O) groups is 1. The van der Waals surface area contributed by atoms with Crippen LogP contribution >= 0.6 is 0 Å². The van der Waals surface area contributed by atoms with E-state index in [1.165, 1.54) is 0 Å². The summed E-state index contributed by atoms with van der Waals surface area (Å²) < 4.78 is 0. The number of carbonyl (C=O) groups excluding carboxylic acids is 1. The molecule has 0 unspecified atom stereocenters. The van der Waals surface area contributed by atoms with Crippen molar-refractivity contribution in [2.24, 2.45) is 5.92 Å². The molecule has 1 aromatic rings. The van der Waals surface area contributed by atoms with Crippen LogP contribution in [-0.4, -0.2) is 37.5 Å². The van der Waals surface area contributed by atoms with Gasteiger partial charge in [0.05, 0.1) is 0 Å². The first-order valence-electron chi connectivity index (χ1n) is 8.19. The molecule has 21 heavy (non-hydrogen) atoms. The molecule has 0 saturated heterocycles. The van der Waals surface area contributed by atoms with Crippen LogP contribution in [0.5, 0.6) is 0 Å². The largest absolute Gasteiger partial charge is 0.339 e. The van der Waals surface area contributed by atoms with Crippen LogP contribution in [0.2, 0.25) is 0 Å². The maximum Gasteiger partial charge on any atom is 0.254 e. The van der Waals surface area contributed by atoms with Crippen LogP contribution in [0.25, 0.3) is 0 Å². The van der Waals surface area contributed by atoms with E-state index in [9.17, 15) is 4.79 Å². The Balaban J connectivity index is 2.89. The highest BCUT2D eigenvalue weighted by molar-refractivity contribution is 5.95. The van der Waals surface area contributed by atoms with Crippen molar-refractivity contribution in [3.63, 3.8) is 0 Å². The molecule has 0 aliphatic carbocycles. The first-order chi connectivity index (χ1) is 10.2. The molecule has 0 aromatic heterocycles. The molecule has 0 heterocycles. The molecule has 0 bridgehead atoms. The fraction of sp³-hybridized carbons (Fsp3) is 0.611. The minimum Gasteiger partial charge on any atom is -0.339 e. The highest BCUT2D eigenvalue weighted by Crippen LogP contribution is 2.16. The second-order valence-electron chi connectivity index (χ2n) is 5.54. The number of hydrogen-bond acceptors (Lipinski definition) is 2. The molecule has 1 aromatic carbocycles. The predicted molar refractivity (Wildman–Crippen MR) is 89.7 cm³/mol. The lowest BCUT2D eigenvalue weighted by Crippen LogP contribution is -2.35. The van der Waals surface area contributed by atoms with E-state index >= 15 is 0 Å². The van der Waals surface area contributed by atoms with Gasteiger partial charge in [-0.05, 0) is 44.5 Å². The summed E-state index contributed by atoms with van der Waals surface area (Å²) in [5, 5.41) is 3.15. The first-order valence-corrected chi connectivity index (χ1v) is 8.19. The SMILES string of the molecule is CCC(CC)CN(CC)C(=O)c1ccccc1CCNC. The first kappa shape index (κ1) is 17.7.